The Morgan fingerprint density at radius 3 is 2.18 bits per heavy atom. The highest BCUT2D eigenvalue weighted by Gasteiger charge is 2.36. The molecule has 0 rings (SSSR count). The van der Waals surface area contributed by atoms with Crippen LogP contribution >= 0.6 is 0 Å². The van der Waals surface area contributed by atoms with E-state index in [-0.39, 0.29) is 0 Å². The van der Waals surface area contributed by atoms with Crippen LogP contribution in [0.3, 0.4) is 0 Å². The zero-order valence-corrected chi connectivity index (χ0v) is 6.00. The predicted molar refractivity (Wildman–Crippen MR) is 29.4 cm³/mol. The maximum absolute atomic E-state index is 11.2. The van der Waals surface area contributed by atoms with E-state index in [1.54, 1.807) is 0 Å². The fraction of sp³-hybridized carbons (Fsp3) is 0.667. The first-order chi connectivity index (χ1) is 4.77. The lowest BCUT2D eigenvalue weighted by Crippen LogP contribution is -2.31. The molecule has 0 aliphatic heterocycles. The lowest BCUT2D eigenvalue weighted by atomic mass is 10.8. The number of hydrogen-bond donors (Lipinski definition) is 1. The standard InChI is InChI=1S/C3H5F3NO3S/c1-2-7-11(8,9)10-3(4,5)6/h7H,1-2H2. The van der Waals surface area contributed by atoms with Gasteiger partial charge in [-0.15, -0.1) is 13.2 Å². The van der Waals surface area contributed by atoms with E-state index in [0.29, 0.717) is 0 Å². The Morgan fingerprint density at radius 2 is 1.91 bits per heavy atom. The lowest BCUT2D eigenvalue weighted by molar-refractivity contribution is -0.272. The first-order valence-corrected chi connectivity index (χ1v) is 3.74. The fourth-order valence-electron chi connectivity index (χ4n) is 0.279. The van der Waals surface area contributed by atoms with E-state index < -0.39 is 23.2 Å². The Balaban J connectivity index is 4.15. The summed E-state index contributed by atoms with van der Waals surface area (Å²) in [4.78, 5) is 0. The van der Waals surface area contributed by atoms with Crippen molar-refractivity contribution in [1.29, 1.82) is 0 Å². The zero-order chi connectivity index (χ0) is 9.12. The molecule has 0 aromatic heterocycles. The monoisotopic (exact) mass is 192 g/mol. The van der Waals surface area contributed by atoms with Gasteiger partial charge >= 0.3 is 16.7 Å². The Bertz CT molecular complexity index is 208. The third kappa shape index (κ3) is 6.07. The quantitative estimate of drug-likeness (QED) is 0.694. The molecule has 1 N–H and O–H groups in total. The molecule has 0 saturated heterocycles. The first kappa shape index (κ1) is 10.7. The largest absolute Gasteiger partial charge is 0.538 e. The van der Waals surface area contributed by atoms with Gasteiger partial charge in [0.2, 0.25) is 0 Å². The van der Waals surface area contributed by atoms with E-state index in [4.69, 9.17) is 0 Å². The topological polar surface area (TPSA) is 55.4 Å². The van der Waals surface area contributed by atoms with Crippen molar-refractivity contribution in [1.82, 2.24) is 4.72 Å². The molecule has 0 spiro atoms. The van der Waals surface area contributed by atoms with Gasteiger partial charge in [-0.1, -0.05) is 0 Å². The summed E-state index contributed by atoms with van der Waals surface area (Å²) in [6, 6.07) is 0. The molecule has 0 aliphatic rings. The second-order valence-electron chi connectivity index (χ2n) is 1.38. The number of halogens is 3. The van der Waals surface area contributed by atoms with Crippen molar-refractivity contribution in [2.24, 2.45) is 0 Å². The van der Waals surface area contributed by atoms with Crippen molar-refractivity contribution >= 4 is 10.3 Å². The summed E-state index contributed by atoms with van der Waals surface area (Å²) in [5.74, 6) is 0. The summed E-state index contributed by atoms with van der Waals surface area (Å²) in [6.07, 6.45) is -5.19. The highest BCUT2D eigenvalue weighted by molar-refractivity contribution is 7.84. The first-order valence-electron chi connectivity index (χ1n) is 2.33. The van der Waals surface area contributed by atoms with E-state index in [0.717, 1.165) is 0 Å². The van der Waals surface area contributed by atoms with Gasteiger partial charge in [0.05, 0.1) is 0 Å². The van der Waals surface area contributed by atoms with Crippen molar-refractivity contribution < 1.29 is 25.8 Å². The Labute approximate surface area is 61.6 Å². The maximum Gasteiger partial charge on any atom is 0.538 e. The minimum Gasteiger partial charge on any atom is -0.192 e. The van der Waals surface area contributed by atoms with Crippen molar-refractivity contribution in [3.63, 3.8) is 0 Å². The summed E-state index contributed by atoms with van der Waals surface area (Å²) in [6.45, 7) is 2.56. The number of nitrogens with one attached hydrogen (secondary N) is 1. The maximum atomic E-state index is 11.2. The highest BCUT2D eigenvalue weighted by atomic mass is 32.2. The molecule has 1 radical (unpaired) electrons. The summed E-state index contributed by atoms with van der Waals surface area (Å²) in [7, 11) is -4.73. The molecular weight excluding hydrogens is 187 g/mol. The van der Waals surface area contributed by atoms with Crippen LogP contribution in [0.1, 0.15) is 0 Å². The molecule has 0 saturated carbocycles. The smallest absolute Gasteiger partial charge is 0.192 e. The normalized spacial score (nSPS) is 13.5. The van der Waals surface area contributed by atoms with Gasteiger partial charge in [-0.25, -0.2) is 0 Å². The molecule has 11 heavy (non-hydrogen) atoms. The molecule has 0 bridgehead atoms. The highest BCUT2D eigenvalue weighted by Crippen LogP contribution is 2.18. The summed E-state index contributed by atoms with van der Waals surface area (Å²) >= 11 is 0. The number of alkyl halides is 3. The van der Waals surface area contributed by atoms with Crippen LogP contribution in [-0.4, -0.2) is 21.3 Å². The average molecular weight is 192 g/mol. The second-order valence-corrected chi connectivity index (χ2v) is 2.74. The van der Waals surface area contributed by atoms with Gasteiger partial charge in [0, 0.05) is 6.54 Å². The summed E-state index contributed by atoms with van der Waals surface area (Å²) in [5, 5.41) is 0. The molecular formula is C3H5F3NO3S. The van der Waals surface area contributed by atoms with Crippen molar-refractivity contribution in [3.05, 3.63) is 6.92 Å². The van der Waals surface area contributed by atoms with Crippen LogP contribution in [0.4, 0.5) is 13.2 Å². The van der Waals surface area contributed by atoms with Crippen LogP contribution in [0.2, 0.25) is 0 Å². The minimum atomic E-state index is -5.19. The van der Waals surface area contributed by atoms with Gasteiger partial charge in [-0.2, -0.15) is 17.3 Å². The van der Waals surface area contributed by atoms with E-state index in [2.05, 4.69) is 11.1 Å². The van der Waals surface area contributed by atoms with Crippen LogP contribution < -0.4 is 4.72 Å². The summed E-state index contributed by atoms with van der Waals surface area (Å²) < 4.78 is 58.0. The van der Waals surface area contributed by atoms with E-state index in [1.165, 1.54) is 4.72 Å². The van der Waals surface area contributed by atoms with Gasteiger partial charge in [0.15, 0.2) is 0 Å². The minimum absolute atomic E-state index is 0.404. The average Bonchev–Trinajstić information content (AvgIpc) is 1.55. The Kier molecular flexibility index (Phi) is 3.27. The van der Waals surface area contributed by atoms with Crippen LogP contribution in [0.15, 0.2) is 0 Å². The van der Waals surface area contributed by atoms with Crippen molar-refractivity contribution in [3.8, 4) is 0 Å². The van der Waals surface area contributed by atoms with E-state index in [1.807, 2.05) is 0 Å². The summed E-state index contributed by atoms with van der Waals surface area (Å²) in [5.41, 5.74) is 0. The molecule has 67 valence electrons. The van der Waals surface area contributed by atoms with Crippen LogP contribution in [0, 0.1) is 6.92 Å². The fourth-order valence-corrected chi connectivity index (χ4v) is 0.837. The molecule has 0 atom stereocenters. The molecule has 0 aliphatic carbocycles. The van der Waals surface area contributed by atoms with Crippen LogP contribution in [0.5, 0.6) is 0 Å². The molecule has 0 aromatic rings. The molecule has 8 heteroatoms. The molecule has 0 amide bonds. The third-order valence-electron chi connectivity index (χ3n) is 0.483. The van der Waals surface area contributed by atoms with Gasteiger partial charge in [-0.05, 0) is 6.92 Å². The predicted octanol–water partition coefficient (Wildman–Crippen LogP) is 0.191. The van der Waals surface area contributed by atoms with Gasteiger partial charge in [0.25, 0.3) is 0 Å². The molecule has 0 aromatic carbocycles. The third-order valence-corrected chi connectivity index (χ3v) is 1.45. The van der Waals surface area contributed by atoms with Gasteiger partial charge in [-0.3, -0.25) is 0 Å². The van der Waals surface area contributed by atoms with Gasteiger partial charge < -0.3 is 0 Å². The van der Waals surface area contributed by atoms with Crippen molar-refractivity contribution in [2.75, 3.05) is 6.54 Å². The van der Waals surface area contributed by atoms with E-state index in [9.17, 15) is 21.6 Å². The Morgan fingerprint density at radius 1 is 1.45 bits per heavy atom. The molecule has 0 heterocycles. The SMILES string of the molecule is [CH2]CNS(=O)(=O)OC(F)(F)F. The van der Waals surface area contributed by atoms with Crippen molar-refractivity contribution in [2.45, 2.75) is 6.36 Å². The molecule has 0 fully saturated rings. The lowest BCUT2D eigenvalue weighted by Gasteiger charge is -2.06. The van der Waals surface area contributed by atoms with E-state index >= 15 is 0 Å². The second kappa shape index (κ2) is 3.37. The van der Waals surface area contributed by atoms with Gasteiger partial charge in [0.1, 0.15) is 0 Å². The molecule has 0 unspecified atom stereocenters. The molecule has 4 nitrogen and oxygen atoms in total. The van der Waals surface area contributed by atoms with Crippen LogP contribution in [-0.2, 0) is 14.5 Å². The zero-order valence-electron chi connectivity index (χ0n) is 5.18. The Hall–Kier alpha value is -0.340. The number of rotatable bonds is 3. The van der Waals surface area contributed by atoms with Crippen LogP contribution in [0.25, 0.3) is 0 Å². The number of hydrogen-bond acceptors (Lipinski definition) is 3.